The van der Waals surface area contributed by atoms with Crippen molar-refractivity contribution < 1.29 is 4.39 Å². The Hall–Kier alpha value is -1.19. The van der Waals surface area contributed by atoms with Crippen LogP contribution in [0.15, 0.2) is 40.9 Å². The molecule has 0 saturated carbocycles. The van der Waals surface area contributed by atoms with Crippen molar-refractivity contribution in [1.82, 2.24) is 0 Å². The summed E-state index contributed by atoms with van der Waals surface area (Å²) in [6.45, 7) is 4.23. The van der Waals surface area contributed by atoms with E-state index in [1.165, 1.54) is 23.3 Å². The van der Waals surface area contributed by atoms with E-state index in [0.717, 1.165) is 24.0 Å². The molecule has 2 rings (SSSR count). The van der Waals surface area contributed by atoms with Gasteiger partial charge in [0.2, 0.25) is 0 Å². The van der Waals surface area contributed by atoms with Crippen LogP contribution in [0, 0.1) is 5.82 Å². The molecular weight excluding hydrogens is 317 g/mol. The van der Waals surface area contributed by atoms with E-state index in [1.807, 2.05) is 6.07 Å². The third kappa shape index (κ3) is 3.28. The molecule has 0 aliphatic heterocycles. The maximum absolute atomic E-state index is 13.5. The lowest BCUT2D eigenvalue weighted by molar-refractivity contribution is 0.622. The number of hydrogen-bond acceptors (Lipinski definition) is 1. The van der Waals surface area contributed by atoms with Gasteiger partial charge in [0.1, 0.15) is 5.82 Å². The Balaban J connectivity index is 2.48. The summed E-state index contributed by atoms with van der Waals surface area (Å²) in [5, 5.41) is 0. The lowest BCUT2D eigenvalue weighted by Crippen LogP contribution is -2.14. The first-order valence-corrected chi connectivity index (χ1v) is 7.67. The number of halogens is 2. The van der Waals surface area contributed by atoms with E-state index in [9.17, 15) is 4.39 Å². The van der Waals surface area contributed by atoms with E-state index < -0.39 is 0 Å². The second kappa shape index (κ2) is 6.51. The van der Waals surface area contributed by atoms with Gasteiger partial charge in [0, 0.05) is 4.47 Å². The molecule has 0 fully saturated rings. The Bertz CT molecular complexity index is 590. The monoisotopic (exact) mass is 335 g/mol. The fourth-order valence-corrected chi connectivity index (χ4v) is 2.89. The van der Waals surface area contributed by atoms with Crippen LogP contribution in [0.2, 0.25) is 0 Å². The van der Waals surface area contributed by atoms with Crippen LogP contribution < -0.4 is 5.73 Å². The van der Waals surface area contributed by atoms with Gasteiger partial charge in [-0.2, -0.15) is 0 Å². The highest BCUT2D eigenvalue weighted by molar-refractivity contribution is 9.10. The van der Waals surface area contributed by atoms with Gasteiger partial charge in [-0.25, -0.2) is 4.39 Å². The average molecular weight is 336 g/mol. The summed E-state index contributed by atoms with van der Waals surface area (Å²) in [5.74, 6) is -0.269. The molecule has 0 amide bonds. The van der Waals surface area contributed by atoms with E-state index in [1.54, 1.807) is 0 Å². The molecule has 106 valence electrons. The van der Waals surface area contributed by atoms with Crippen molar-refractivity contribution in [2.45, 2.75) is 32.7 Å². The van der Waals surface area contributed by atoms with E-state index in [4.69, 9.17) is 5.73 Å². The Morgan fingerprint density at radius 2 is 1.85 bits per heavy atom. The van der Waals surface area contributed by atoms with Crippen molar-refractivity contribution in [3.63, 3.8) is 0 Å². The number of aryl methyl sites for hydroxylation is 2. The van der Waals surface area contributed by atoms with E-state index in [2.05, 4.69) is 48.0 Å². The third-order valence-corrected chi connectivity index (χ3v) is 4.04. The van der Waals surface area contributed by atoms with E-state index in [-0.39, 0.29) is 11.9 Å². The highest BCUT2D eigenvalue weighted by atomic mass is 79.9. The van der Waals surface area contributed by atoms with Crippen LogP contribution in [0.5, 0.6) is 0 Å². The summed E-state index contributed by atoms with van der Waals surface area (Å²) >= 11 is 3.32. The Morgan fingerprint density at radius 1 is 1.10 bits per heavy atom. The summed E-state index contributed by atoms with van der Waals surface area (Å²) < 4.78 is 14.3. The predicted octanol–water partition coefficient (Wildman–Crippen LogP) is 4.76. The molecule has 0 aliphatic carbocycles. The predicted molar refractivity (Wildman–Crippen MR) is 85.3 cm³/mol. The molecule has 0 spiro atoms. The van der Waals surface area contributed by atoms with Crippen LogP contribution in [0.1, 0.15) is 42.1 Å². The number of benzene rings is 2. The van der Waals surface area contributed by atoms with Crippen LogP contribution in [-0.4, -0.2) is 0 Å². The number of rotatable bonds is 4. The third-order valence-electron chi connectivity index (χ3n) is 3.58. The summed E-state index contributed by atoms with van der Waals surface area (Å²) in [6, 6.07) is 10.9. The lowest BCUT2D eigenvalue weighted by atomic mass is 9.92. The average Bonchev–Trinajstić information content (AvgIpc) is 2.44. The maximum atomic E-state index is 13.5. The van der Waals surface area contributed by atoms with Crippen LogP contribution >= 0.6 is 15.9 Å². The molecule has 1 unspecified atom stereocenters. The first kappa shape index (κ1) is 15.2. The molecule has 1 nitrogen and oxygen atoms in total. The topological polar surface area (TPSA) is 26.0 Å². The van der Waals surface area contributed by atoms with Crippen molar-refractivity contribution in [3.8, 4) is 0 Å². The molecule has 1 atom stereocenters. The molecule has 20 heavy (non-hydrogen) atoms. The molecule has 2 N–H and O–H groups in total. The molecule has 0 saturated heterocycles. The Labute approximate surface area is 128 Å². The lowest BCUT2D eigenvalue weighted by Gasteiger charge is -2.18. The smallest absolute Gasteiger partial charge is 0.124 e. The van der Waals surface area contributed by atoms with Crippen molar-refractivity contribution in [1.29, 1.82) is 0 Å². The van der Waals surface area contributed by atoms with Crippen molar-refractivity contribution in [2.24, 2.45) is 5.73 Å². The Kier molecular flexibility index (Phi) is 4.95. The van der Waals surface area contributed by atoms with Crippen molar-refractivity contribution in [3.05, 3.63) is 68.9 Å². The minimum atomic E-state index is -0.302. The van der Waals surface area contributed by atoms with E-state index in [0.29, 0.717) is 4.47 Å². The molecule has 2 aromatic carbocycles. The van der Waals surface area contributed by atoms with Gasteiger partial charge in [0.25, 0.3) is 0 Å². The molecule has 3 heteroatoms. The van der Waals surface area contributed by atoms with Crippen LogP contribution in [0.4, 0.5) is 4.39 Å². The van der Waals surface area contributed by atoms with E-state index >= 15 is 0 Å². The number of nitrogens with two attached hydrogens (primary N) is 1. The Morgan fingerprint density at radius 3 is 2.45 bits per heavy atom. The van der Waals surface area contributed by atoms with Gasteiger partial charge in [-0.3, -0.25) is 0 Å². The molecule has 2 aromatic rings. The summed E-state index contributed by atoms with van der Waals surface area (Å²) in [5.41, 5.74) is 10.7. The first-order chi connectivity index (χ1) is 9.55. The SMILES string of the molecule is CCc1ccc(CC)c(C(N)c2cc(F)cc(Br)c2)c1. The zero-order chi connectivity index (χ0) is 14.7. The second-order valence-corrected chi connectivity index (χ2v) is 5.84. The van der Waals surface area contributed by atoms with Crippen LogP contribution in [0.25, 0.3) is 0 Å². The van der Waals surface area contributed by atoms with Gasteiger partial charge in [-0.1, -0.05) is 48.0 Å². The minimum Gasteiger partial charge on any atom is -0.320 e. The molecule has 0 bridgehead atoms. The highest BCUT2D eigenvalue weighted by Crippen LogP contribution is 2.27. The van der Waals surface area contributed by atoms with Crippen LogP contribution in [0.3, 0.4) is 0 Å². The molecular formula is C17H19BrFN. The zero-order valence-corrected chi connectivity index (χ0v) is 13.4. The normalized spacial score (nSPS) is 12.4. The van der Waals surface area contributed by atoms with Crippen molar-refractivity contribution in [2.75, 3.05) is 0 Å². The summed E-state index contributed by atoms with van der Waals surface area (Å²) in [4.78, 5) is 0. The van der Waals surface area contributed by atoms with Gasteiger partial charge >= 0.3 is 0 Å². The zero-order valence-electron chi connectivity index (χ0n) is 11.8. The molecule has 0 radical (unpaired) electrons. The number of hydrogen-bond donors (Lipinski definition) is 1. The van der Waals surface area contributed by atoms with Gasteiger partial charge in [-0.05, 0) is 53.3 Å². The molecule has 0 heterocycles. The first-order valence-electron chi connectivity index (χ1n) is 6.88. The minimum absolute atomic E-state index is 0.269. The largest absolute Gasteiger partial charge is 0.320 e. The van der Waals surface area contributed by atoms with Gasteiger partial charge in [0.15, 0.2) is 0 Å². The standard InChI is InChI=1S/C17H19BrFN/c1-3-11-5-6-12(4-2)16(7-11)17(20)13-8-14(18)10-15(19)9-13/h5-10,17H,3-4,20H2,1-2H3. The molecule has 0 aliphatic rings. The summed E-state index contributed by atoms with van der Waals surface area (Å²) in [6.07, 6.45) is 1.89. The second-order valence-electron chi connectivity index (χ2n) is 4.92. The van der Waals surface area contributed by atoms with Gasteiger partial charge in [0.05, 0.1) is 6.04 Å². The fraction of sp³-hybridized carbons (Fsp3) is 0.294. The van der Waals surface area contributed by atoms with Crippen molar-refractivity contribution >= 4 is 15.9 Å². The summed E-state index contributed by atoms with van der Waals surface area (Å²) in [7, 11) is 0. The quantitative estimate of drug-likeness (QED) is 0.856. The fourth-order valence-electron chi connectivity index (χ4n) is 2.41. The molecule has 0 aromatic heterocycles. The van der Waals surface area contributed by atoms with Gasteiger partial charge < -0.3 is 5.73 Å². The maximum Gasteiger partial charge on any atom is 0.124 e. The highest BCUT2D eigenvalue weighted by Gasteiger charge is 2.14. The van der Waals surface area contributed by atoms with Crippen LogP contribution in [-0.2, 0) is 12.8 Å². The van der Waals surface area contributed by atoms with Gasteiger partial charge in [-0.15, -0.1) is 0 Å².